The third-order valence-corrected chi connectivity index (χ3v) is 13.9. The predicted octanol–water partition coefficient (Wildman–Crippen LogP) is 3.75. The largest absolute Gasteiger partial charge is 0.391 e. The minimum atomic E-state index is -0.983. The normalized spacial score (nSPS) is 18.5. The molecule has 0 bridgehead atoms. The highest BCUT2D eigenvalue weighted by molar-refractivity contribution is 7.13. The Hall–Kier alpha value is -6.28. The minimum absolute atomic E-state index is 0.0349. The lowest BCUT2D eigenvalue weighted by atomic mass is 9.85. The molecule has 0 unspecified atom stereocenters. The summed E-state index contributed by atoms with van der Waals surface area (Å²) >= 11 is 1.56. The smallest absolute Gasteiger partial charge is 0.256 e. The third-order valence-electron chi connectivity index (χ3n) is 12.9. The number of hydrogen-bond donors (Lipinski definition) is 7. The zero-order chi connectivity index (χ0) is 49.6. The van der Waals surface area contributed by atoms with E-state index in [1.54, 1.807) is 29.8 Å². The standard InChI is InChI=1S/C50H63FN10O7S/c1-29-39(24-37-36-22-34(51)12-13-38(36)57-46(37)65)56-30(2)43(29)48(67)53-15-7-17-59-18-20-60(21-19-59)27-42(64)52-16-14-41(63)58-45(50(4,5)6)49(68)61-26-35(62)23-40(61)47(66)54-25-32-8-10-33(11-9-32)44-31(3)55-28-69-44/h8-13,22,24,28,35,40,45,56,62H,7,14-21,23,25-27H2,1-6H3,(H,52,64)(H,53,67)(H,54,66)(H,57,65)(H,58,63)/b37-24-/t35-,40+,45-/m1/s1. The monoisotopic (exact) mass is 966 g/mol. The Kier molecular flexibility index (Phi) is 16.1. The number of aliphatic hydroxyl groups is 1. The van der Waals surface area contributed by atoms with E-state index >= 15 is 0 Å². The van der Waals surface area contributed by atoms with Crippen molar-refractivity contribution in [3.8, 4) is 10.4 Å². The number of β-amino-alcohol motifs (C(OH)–C–C–N with tert-alkyl or cyclic N) is 1. The van der Waals surface area contributed by atoms with Gasteiger partial charge in [0.2, 0.25) is 23.6 Å². The van der Waals surface area contributed by atoms with Crippen LogP contribution in [0.1, 0.15) is 84.2 Å². The predicted molar refractivity (Wildman–Crippen MR) is 262 cm³/mol. The molecule has 19 heteroatoms. The number of thiazole rings is 1. The van der Waals surface area contributed by atoms with E-state index in [0.29, 0.717) is 59.0 Å². The highest BCUT2D eigenvalue weighted by Gasteiger charge is 2.44. The fourth-order valence-electron chi connectivity index (χ4n) is 9.06. The van der Waals surface area contributed by atoms with Crippen molar-refractivity contribution in [2.45, 2.75) is 85.5 Å². The second-order valence-electron chi connectivity index (χ2n) is 19.1. The molecule has 2 saturated heterocycles. The van der Waals surface area contributed by atoms with Crippen molar-refractivity contribution < 1.29 is 38.3 Å². The summed E-state index contributed by atoms with van der Waals surface area (Å²) in [5.41, 5.74) is 7.74. The van der Waals surface area contributed by atoms with Crippen molar-refractivity contribution in [1.29, 1.82) is 0 Å². The summed E-state index contributed by atoms with van der Waals surface area (Å²) in [4.78, 5) is 93.8. The number of rotatable bonds is 17. The summed E-state index contributed by atoms with van der Waals surface area (Å²) in [5, 5.41) is 24.9. The summed E-state index contributed by atoms with van der Waals surface area (Å²) in [5.74, 6) is -2.49. The summed E-state index contributed by atoms with van der Waals surface area (Å²) in [6.45, 7) is 15.6. The number of likely N-dealkylation sites (tertiary alicyclic amines) is 1. The van der Waals surface area contributed by atoms with Crippen LogP contribution in [0.5, 0.6) is 0 Å². The molecule has 0 radical (unpaired) electrons. The maximum absolute atomic E-state index is 14.0. The van der Waals surface area contributed by atoms with Crippen LogP contribution in [0.2, 0.25) is 0 Å². The third kappa shape index (κ3) is 12.5. The number of nitrogens with one attached hydrogen (secondary N) is 6. The first-order chi connectivity index (χ1) is 32.9. The van der Waals surface area contributed by atoms with Crippen molar-refractivity contribution in [3.05, 3.63) is 93.1 Å². The number of halogens is 1. The van der Waals surface area contributed by atoms with Crippen LogP contribution in [0.3, 0.4) is 0 Å². The Balaban J connectivity index is 0.794. The topological polar surface area (TPSA) is 221 Å². The first-order valence-electron chi connectivity index (χ1n) is 23.4. The number of H-pyrrole nitrogens is 1. The fraction of sp³-hybridized carbons (Fsp3) is 0.460. The number of carbonyl (C=O) groups excluding carboxylic acids is 6. The maximum Gasteiger partial charge on any atom is 0.256 e. The van der Waals surface area contributed by atoms with E-state index < -0.39 is 41.2 Å². The molecule has 0 saturated carbocycles. The van der Waals surface area contributed by atoms with E-state index in [9.17, 15) is 38.3 Å². The van der Waals surface area contributed by atoms with E-state index in [1.807, 2.05) is 63.8 Å². The van der Waals surface area contributed by atoms with Crippen LogP contribution in [0, 0.1) is 32.0 Å². The minimum Gasteiger partial charge on any atom is -0.391 e. The number of aromatic nitrogens is 2. The highest BCUT2D eigenvalue weighted by atomic mass is 32.1. The number of amides is 6. The number of piperazine rings is 1. The number of aryl methyl sites for hydroxylation is 2. The Morgan fingerprint density at radius 2 is 1.68 bits per heavy atom. The quantitative estimate of drug-likeness (QED) is 0.0601. The number of nitrogens with zero attached hydrogens (tertiary/aromatic N) is 4. The van der Waals surface area contributed by atoms with Gasteiger partial charge in [-0.15, -0.1) is 11.3 Å². The van der Waals surface area contributed by atoms with Gasteiger partial charge >= 0.3 is 0 Å². The van der Waals surface area contributed by atoms with Crippen LogP contribution in [0.25, 0.3) is 22.1 Å². The number of carbonyl (C=O) groups is 6. The molecule has 6 amide bonds. The Morgan fingerprint density at radius 1 is 0.957 bits per heavy atom. The lowest BCUT2D eigenvalue weighted by Crippen LogP contribution is -2.58. The summed E-state index contributed by atoms with van der Waals surface area (Å²) in [6.07, 6.45) is 1.50. The van der Waals surface area contributed by atoms with Crippen LogP contribution in [0.4, 0.5) is 10.1 Å². The van der Waals surface area contributed by atoms with Gasteiger partial charge in [0.15, 0.2) is 0 Å². The van der Waals surface area contributed by atoms with Crippen molar-refractivity contribution >= 4 is 64.1 Å². The first kappa shape index (κ1) is 50.6. The SMILES string of the molecule is Cc1ncsc1-c1ccc(CNC(=O)[C@@H]2C[C@@H](O)CN2C(=O)[C@@H](NC(=O)CCNC(=O)CN2CCN(CCCNC(=O)c3c(C)[nH]c(/C=C4\C(=O)Nc5ccc(F)cc54)c3C)CC2)C(C)(C)C)cc1. The van der Waals surface area contributed by atoms with E-state index in [-0.39, 0.29) is 62.6 Å². The van der Waals surface area contributed by atoms with Gasteiger partial charge in [-0.25, -0.2) is 9.37 Å². The molecular weight excluding hydrogens is 904 g/mol. The van der Waals surface area contributed by atoms with Crippen LogP contribution < -0.4 is 26.6 Å². The molecule has 0 aliphatic carbocycles. The second kappa shape index (κ2) is 22.0. The van der Waals surface area contributed by atoms with Gasteiger partial charge in [0.1, 0.15) is 17.9 Å². The zero-order valence-electron chi connectivity index (χ0n) is 40.1. The number of hydrogen-bond acceptors (Lipinski definition) is 11. The zero-order valence-corrected chi connectivity index (χ0v) is 40.9. The van der Waals surface area contributed by atoms with E-state index in [2.05, 4.69) is 41.5 Å². The molecule has 3 aliphatic rings. The van der Waals surface area contributed by atoms with Gasteiger partial charge in [-0.05, 0) is 80.1 Å². The van der Waals surface area contributed by atoms with Crippen molar-refractivity contribution in [3.63, 3.8) is 0 Å². The summed E-state index contributed by atoms with van der Waals surface area (Å²) < 4.78 is 14.0. The molecule has 3 aliphatic heterocycles. The Morgan fingerprint density at radius 3 is 2.38 bits per heavy atom. The number of aliphatic hydroxyl groups excluding tert-OH is 1. The molecule has 0 spiro atoms. The summed E-state index contributed by atoms with van der Waals surface area (Å²) in [7, 11) is 0. The van der Waals surface area contributed by atoms with Crippen molar-refractivity contribution in [1.82, 2.24) is 45.9 Å². The van der Waals surface area contributed by atoms with Crippen molar-refractivity contribution in [2.24, 2.45) is 5.41 Å². The van der Waals surface area contributed by atoms with Crippen LogP contribution in [-0.2, 0) is 30.5 Å². The van der Waals surface area contributed by atoms with Gasteiger partial charge in [-0.3, -0.25) is 33.7 Å². The molecular formula is C50H63FN10O7S. The number of benzene rings is 2. The average molecular weight is 967 g/mol. The molecule has 2 aromatic heterocycles. The lowest BCUT2D eigenvalue weighted by Gasteiger charge is -2.35. The van der Waals surface area contributed by atoms with Gasteiger partial charge in [0.05, 0.1) is 39.9 Å². The van der Waals surface area contributed by atoms with Crippen molar-refractivity contribution in [2.75, 3.05) is 64.2 Å². The van der Waals surface area contributed by atoms with Gasteiger partial charge in [-0.1, -0.05) is 45.0 Å². The molecule has 5 heterocycles. The molecule has 2 fully saturated rings. The van der Waals surface area contributed by atoms with Crippen LogP contribution in [-0.4, -0.2) is 142 Å². The number of aromatic amines is 1. The molecule has 3 atom stereocenters. The Labute approximate surface area is 405 Å². The maximum atomic E-state index is 14.0. The van der Waals surface area contributed by atoms with Crippen LogP contribution in [0.15, 0.2) is 48.0 Å². The first-order valence-corrected chi connectivity index (χ1v) is 24.3. The molecule has 4 aromatic rings. The van der Waals surface area contributed by atoms with Crippen LogP contribution >= 0.6 is 11.3 Å². The lowest BCUT2D eigenvalue weighted by molar-refractivity contribution is -0.144. The second-order valence-corrected chi connectivity index (χ2v) is 20.0. The fourth-order valence-corrected chi connectivity index (χ4v) is 9.87. The molecule has 17 nitrogen and oxygen atoms in total. The summed E-state index contributed by atoms with van der Waals surface area (Å²) in [6, 6.07) is 10.1. The van der Waals surface area contributed by atoms with E-state index in [4.69, 9.17) is 0 Å². The van der Waals surface area contributed by atoms with Gasteiger partial charge in [0.25, 0.3) is 11.8 Å². The average Bonchev–Trinajstić information content (AvgIpc) is 4.07. The Bertz CT molecular complexity index is 2600. The number of fused-ring (bicyclic) bond motifs is 1. The van der Waals surface area contributed by atoms with E-state index in [1.165, 1.54) is 23.1 Å². The molecule has 69 heavy (non-hydrogen) atoms. The molecule has 2 aromatic carbocycles. The number of anilines is 1. The van der Waals surface area contributed by atoms with Gasteiger partial charge in [-0.2, -0.15) is 0 Å². The highest BCUT2D eigenvalue weighted by Crippen LogP contribution is 2.35. The van der Waals surface area contributed by atoms with Gasteiger partial charge < -0.3 is 46.5 Å². The van der Waals surface area contributed by atoms with Gasteiger partial charge in [0, 0.05) is 87.8 Å². The van der Waals surface area contributed by atoms with E-state index in [0.717, 1.165) is 47.8 Å². The molecule has 368 valence electrons. The molecule has 7 rings (SSSR count). The molecule has 7 N–H and O–H groups in total.